The molecule has 2 heterocycles. The van der Waals surface area contributed by atoms with Crippen LogP contribution >= 0.6 is 11.6 Å². The van der Waals surface area contributed by atoms with Gasteiger partial charge in [0, 0.05) is 6.20 Å². The van der Waals surface area contributed by atoms with E-state index in [1.165, 1.54) is 23.3 Å². The lowest BCUT2D eigenvalue weighted by Crippen LogP contribution is -2.14. The van der Waals surface area contributed by atoms with E-state index in [1.807, 2.05) is 0 Å². The van der Waals surface area contributed by atoms with E-state index in [0.717, 1.165) is 0 Å². The van der Waals surface area contributed by atoms with Gasteiger partial charge in [-0.25, -0.2) is 9.67 Å². The quantitative estimate of drug-likeness (QED) is 0.761. The van der Waals surface area contributed by atoms with Gasteiger partial charge in [-0.1, -0.05) is 11.6 Å². The number of rotatable bonds is 1. The van der Waals surface area contributed by atoms with Crippen molar-refractivity contribution in [2.75, 3.05) is 0 Å². The second-order valence-corrected chi connectivity index (χ2v) is 3.21. The summed E-state index contributed by atoms with van der Waals surface area (Å²) in [6.45, 7) is 1.75. The van der Waals surface area contributed by atoms with Gasteiger partial charge in [0.15, 0.2) is 0 Å². The van der Waals surface area contributed by atoms with Crippen molar-refractivity contribution in [1.29, 1.82) is 0 Å². The molecule has 0 unspecified atom stereocenters. The summed E-state index contributed by atoms with van der Waals surface area (Å²) in [4.78, 5) is 17.8. The van der Waals surface area contributed by atoms with E-state index in [0.29, 0.717) is 16.5 Å². The van der Waals surface area contributed by atoms with Crippen LogP contribution in [0.2, 0.25) is 5.02 Å². The lowest BCUT2D eigenvalue weighted by Gasteiger charge is -1.98. The van der Waals surface area contributed by atoms with Gasteiger partial charge in [0.25, 0.3) is 5.56 Å². The minimum absolute atomic E-state index is 0.251. The molecule has 0 fully saturated rings. The highest BCUT2D eigenvalue weighted by Gasteiger charge is 2.04. The highest BCUT2D eigenvalue weighted by molar-refractivity contribution is 6.30. The van der Waals surface area contributed by atoms with Crippen molar-refractivity contribution in [2.45, 2.75) is 6.92 Å². The van der Waals surface area contributed by atoms with Crippen molar-refractivity contribution in [2.24, 2.45) is 0 Å². The molecule has 0 aliphatic rings. The molecule has 5 nitrogen and oxygen atoms in total. The van der Waals surface area contributed by atoms with Crippen LogP contribution in [0.15, 0.2) is 23.4 Å². The molecule has 72 valence electrons. The maximum absolute atomic E-state index is 11.4. The van der Waals surface area contributed by atoms with Crippen LogP contribution < -0.4 is 5.56 Å². The number of pyridine rings is 1. The number of aromatic nitrogens is 4. The fourth-order valence-corrected chi connectivity index (χ4v) is 1.24. The fourth-order valence-electron chi connectivity index (χ4n) is 1.08. The minimum Gasteiger partial charge on any atom is -0.326 e. The molecule has 0 bridgehead atoms. The maximum atomic E-state index is 11.4. The Labute approximate surface area is 84.4 Å². The highest BCUT2D eigenvalue weighted by atomic mass is 35.5. The number of halogens is 1. The molecule has 14 heavy (non-hydrogen) atoms. The molecule has 6 heteroatoms. The summed E-state index contributed by atoms with van der Waals surface area (Å²) < 4.78 is 1.39. The van der Waals surface area contributed by atoms with Crippen molar-refractivity contribution in [1.82, 2.24) is 19.7 Å². The second kappa shape index (κ2) is 3.26. The Kier molecular flexibility index (Phi) is 2.09. The maximum Gasteiger partial charge on any atom is 0.274 e. The van der Waals surface area contributed by atoms with Crippen molar-refractivity contribution >= 4 is 11.6 Å². The van der Waals surface area contributed by atoms with Crippen LogP contribution in [-0.2, 0) is 0 Å². The van der Waals surface area contributed by atoms with Crippen molar-refractivity contribution in [3.8, 4) is 5.69 Å². The van der Waals surface area contributed by atoms with E-state index in [9.17, 15) is 4.79 Å². The molecule has 0 saturated carbocycles. The van der Waals surface area contributed by atoms with Crippen molar-refractivity contribution in [3.05, 3.63) is 39.8 Å². The molecule has 0 radical (unpaired) electrons. The summed E-state index contributed by atoms with van der Waals surface area (Å²) in [6.07, 6.45) is 2.90. The molecule has 0 aliphatic carbocycles. The van der Waals surface area contributed by atoms with Gasteiger partial charge in [-0.05, 0) is 13.0 Å². The van der Waals surface area contributed by atoms with Gasteiger partial charge in [-0.2, -0.15) is 5.10 Å². The molecule has 2 aromatic rings. The number of nitrogens with zero attached hydrogens (tertiary/aromatic N) is 3. The number of aryl methyl sites for hydroxylation is 1. The first-order valence-corrected chi connectivity index (χ1v) is 4.31. The molecule has 0 spiro atoms. The van der Waals surface area contributed by atoms with Crippen molar-refractivity contribution in [3.63, 3.8) is 0 Å². The molecule has 1 N–H and O–H groups in total. The Hall–Kier alpha value is -1.62. The predicted octanol–water partition coefficient (Wildman–Crippen LogP) is 0.917. The molecule has 0 atom stereocenters. The Bertz CT molecular complexity index is 516. The third kappa shape index (κ3) is 1.54. The summed E-state index contributed by atoms with van der Waals surface area (Å²) in [7, 11) is 0. The van der Waals surface area contributed by atoms with Crippen LogP contribution in [0.25, 0.3) is 5.69 Å². The average Bonchev–Trinajstić information content (AvgIpc) is 2.56. The summed E-state index contributed by atoms with van der Waals surface area (Å²) in [6, 6.07) is 1.54. The summed E-state index contributed by atoms with van der Waals surface area (Å²) in [5.74, 6) is 0.601. The van der Waals surface area contributed by atoms with E-state index in [2.05, 4.69) is 15.1 Å². The molecule has 2 aromatic heterocycles. The molecule has 0 saturated heterocycles. The fraction of sp³-hybridized carbons (Fsp3) is 0.125. The first kappa shape index (κ1) is 8.96. The SMILES string of the molecule is Cc1ncn(-c2cc(Cl)c[nH]c2=O)n1. The zero-order chi connectivity index (χ0) is 10.1. The first-order chi connectivity index (χ1) is 6.66. The van der Waals surface area contributed by atoms with Crippen LogP contribution in [0.5, 0.6) is 0 Å². The van der Waals surface area contributed by atoms with Crippen LogP contribution in [0, 0.1) is 6.92 Å². The third-order valence-corrected chi connectivity index (χ3v) is 1.92. The standard InChI is InChI=1S/C8H7ClN4O/c1-5-11-4-13(12-5)7-2-6(9)3-10-8(7)14/h2-4H,1H3,(H,10,14). The Morgan fingerprint density at radius 3 is 3.00 bits per heavy atom. The summed E-state index contributed by atoms with van der Waals surface area (Å²) in [5.41, 5.74) is 0.109. The third-order valence-electron chi connectivity index (χ3n) is 1.70. The summed E-state index contributed by atoms with van der Waals surface area (Å²) >= 11 is 5.74. The monoisotopic (exact) mass is 210 g/mol. The van der Waals surface area contributed by atoms with Crippen LogP contribution in [0.1, 0.15) is 5.82 Å². The van der Waals surface area contributed by atoms with Gasteiger partial charge >= 0.3 is 0 Å². The predicted molar refractivity (Wildman–Crippen MR) is 51.7 cm³/mol. The smallest absolute Gasteiger partial charge is 0.274 e. The zero-order valence-electron chi connectivity index (χ0n) is 7.36. The van der Waals surface area contributed by atoms with Gasteiger partial charge in [0.2, 0.25) is 0 Å². The van der Waals surface area contributed by atoms with Gasteiger partial charge < -0.3 is 4.98 Å². The Morgan fingerprint density at radius 2 is 2.36 bits per heavy atom. The van der Waals surface area contributed by atoms with E-state index in [-0.39, 0.29) is 5.56 Å². The minimum atomic E-state index is -0.251. The van der Waals surface area contributed by atoms with Gasteiger partial charge in [-0.15, -0.1) is 0 Å². The highest BCUT2D eigenvalue weighted by Crippen LogP contribution is 2.07. The van der Waals surface area contributed by atoms with Gasteiger partial charge in [0.1, 0.15) is 17.8 Å². The van der Waals surface area contributed by atoms with E-state index >= 15 is 0 Å². The zero-order valence-corrected chi connectivity index (χ0v) is 8.12. The van der Waals surface area contributed by atoms with Crippen LogP contribution in [0.4, 0.5) is 0 Å². The average molecular weight is 211 g/mol. The lowest BCUT2D eigenvalue weighted by molar-refractivity contribution is 0.847. The number of hydrogen-bond donors (Lipinski definition) is 1. The number of hydrogen-bond acceptors (Lipinski definition) is 3. The molecular formula is C8H7ClN4O. The Morgan fingerprint density at radius 1 is 1.57 bits per heavy atom. The lowest BCUT2D eigenvalue weighted by atomic mass is 10.4. The van der Waals surface area contributed by atoms with Crippen LogP contribution in [-0.4, -0.2) is 19.7 Å². The molecule has 0 aliphatic heterocycles. The van der Waals surface area contributed by atoms with E-state index < -0.39 is 0 Å². The van der Waals surface area contributed by atoms with Crippen LogP contribution in [0.3, 0.4) is 0 Å². The molecule has 0 aromatic carbocycles. The first-order valence-electron chi connectivity index (χ1n) is 3.94. The second-order valence-electron chi connectivity index (χ2n) is 2.77. The number of H-pyrrole nitrogens is 1. The number of nitrogens with one attached hydrogen (secondary N) is 1. The largest absolute Gasteiger partial charge is 0.326 e. The van der Waals surface area contributed by atoms with Gasteiger partial charge in [0.05, 0.1) is 5.02 Å². The molecule has 2 rings (SSSR count). The number of aromatic amines is 1. The van der Waals surface area contributed by atoms with E-state index in [1.54, 1.807) is 6.92 Å². The normalized spacial score (nSPS) is 10.4. The topological polar surface area (TPSA) is 63.6 Å². The molecular weight excluding hydrogens is 204 g/mol. The molecule has 0 amide bonds. The van der Waals surface area contributed by atoms with E-state index in [4.69, 9.17) is 11.6 Å². The Balaban J connectivity index is 2.61. The van der Waals surface area contributed by atoms with Crippen molar-refractivity contribution < 1.29 is 0 Å². The summed E-state index contributed by atoms with van der Waals surface area (Å²) in [5, 5.41) is 4.46. The van der Waals surface area contributed by atoms with Gasteiger partial charge in [-0.3, -0.25) is 4.79 Å².